The molecule has 0 N–H and O–H groups in total. The standard InChI is InChI=1S/C8H7NO2S/c10-9(11)6-7-12-8-4-2-1-3-5-8/h1-7H. The highest BCUT2D eigenvalue weighted by Gasteiger charge is 1.88. The Morgan fingerprint density at radius 2 is 2.00 bits per heavy atom. The first kappa shape index (κ1) is 8.80. The Morgan fingerprint density at radius 3 is 2.58 bits per heavy atom. The van der Waals surface area contributed by atoms with Gasteiger partial charge in [0.15, 0.2) is 0 Å². The molecule has 1 aromatic carbocycles. The minimum Gasteiger partial charge on any atom is -0.259 e. The molecule has 62 valence electrons. The number of nitro groups is 1. The fourth-order valence-corrected chi connectivity index (χ4v) is 1.29. The monoisotopic (exact) mass is 181 g/mol. The molecule has 1 aromatic rings. The number of benzene rings is 1. The van der Waals surface area contributed by atoms with Gasteiger partial charge in [0.05, 0.1) is 4.92 Å². The molecular formula is C8H7NO2S. The third-order valence-electron chi connectivity index (χ3n) is 1.13. The summed E-state index contributed by atoms with van der Waals surface area (Å²) in [5, 5.41) is 11.3. The van der Waals surface area contributed by atoms with Gasteiger partial charge in [0, 0.05) is 10.3 Å². The average molecular weight is 181 g/mol. The highest BCUT2D eigenvalue weighted by atomic mass is 32.2. The summed E-state index contributed by atoms with van der Waals surface area (Å²) >= 11 is 1.33. The predicted octanol–water partition coefficient (Wildman–Crippen LogP) is 2.53. The average Bonchev–Trinajstić information content (AvgIpc) is 2.05. The topological polar surface area (TPSA) is 43.1 Å². The van der Waals surface area contributed by atoms with Crippen LogP contribution in [0.4, 0.5) is 0 Å². The first-order valence-electron chi connectivity index (χ1n) is 3.31. The maximum Gasteiger partial charge on any atom is 0.241 e. The van der Waals surface area contributed by atoms with E-state index in [1.165, 1.54) is 17.2 Å². The molecule has 0 spiro atoms. The van der Waals surface area contributed by atoms with Gasteiger partial charge in [0.25, 0.3) is 0 Å². The fourth-order valence-electron chi connectivity index (χ4n) is 0.658. The minimum atomic E-state index is -0.476. The van der Waals surface area contributed by atoms with Crippen molar-refractivity contribution in [3.8, 4) is 0 Å². The van der Waals surface area contributed by atoms with E-state index < -0.39 is 4.92 Å². The van der Waals surface area contributed by atoms with Gasteiger partial charge in [-0.1, -0.05) is 30.0 Å². The van der Waals surface area contributed by atoms with Crippen molar-refractivity contribution >= 4 is 11.8 Å². The molecule has 0 radical (unpaired) electrons. The lowest BCUT2D eigenvalue weighted by Crippen LogP contribution is -1.80. The van der Waals surface area contributed by atoms with Gasteiger partial charge in [-0.15, -0.1) is 0 Å². The maximum absolute atomic E-state index is 9.89. The quantitative estimate of drug-likeness (QED) is 0.409. The van der Waals surface area contributed by atoms with Crippen molar-refractivity contribution < 1.29 is 4.92 Å². The SMILES string of the molecule is O=[N+]([O-])C=CSc1ccccc1. The van der Waals surface area contributed by atoms with E-state index in [-0.39, 0.29) is 0 Å². The number of nitrogens with zero attached hydrogens (tertiary/aromatic N) is 1. The number of hydrogen-bond donors (Lipinski definition) is 0. The van der Waals surface area contributed by atoms with Crippen molar-refractivity contribution in [3.05, 3.63) is 52.1 Å². The van der Waals surface area contributed by atoms with Crippen LogP contribution in [0.15, 0.2) is 46.8 Å². The lowest BCUT2D eigenvalue weighted by molar-refractivity contribution is -0.402. The maximum atomic E-state index is 9.89. The van der Waals surface area contributed by atoms with Crippen LogP contribution >= 0.6 is 11.8 Å². The van der Waals surface area contributed by atoms with E-state index in [4.69, 9.17) is 0 Å². The highest BCUT2D eigenvalue weighted by Crippen LogP contribution is 2.17. The molecule has 0 aliphatic rings. The van der Waals surface area contributed by atoms with Gasteiger partial charge in [-0.05, 0) is 12.1 Å². The van der Waals surface area contributed by atoms with Gasteiger partial charge in [-0.2, -0.15) is 0 Å². The second-order valence-corrected chi connectivity index (χ2v) is 2.98. The second kappa shape index (κ2) is 4.56. The molecule has 0 aromatic heterocycles. The Hall–Kier alpha value is -1.29. The molecule has 0 heterocycles. The molecule has 4 heteroatoms. The van der Waals surface area contributed by atoms with Crippen molar-refractivity contribution in [3.63, 3.8) is 0 Å². The Bertz CT molecular complexity index is 284. The molecule has 1 rings (SSSR count). The van der Waals surface area contributed by atoms with E-state index in [0.29, 0.717) is 0 Å². The van der Waals surface area contributed by atoms with Crippen molar-refractivity contribution in [1.29, 1.82) is 0 Å². The van der Waals surface area contributed by atoms with Gasteiger partial charge in [-0.3, -0.25) is 10.1 Å². The van der Waals surface area contributed by atoms with E-state index in [1.54, 1.807) is 0 Å². The Kier molecular flexibility index (Phi) is 3.35. The smallest absolute Gasteiger partial charge is 0.241 e. The molecule has 0 aliphatic carbocycles. The van der Waals surface area contributed by atoms with Crippen LogP contribution in [0.5, 0.6) is 0 Å². The molecule has 3 nitrogen and oxygen atoms in total. The van der Waals surface area contributed by atoms with Gasteiger partial charge in [0.2, 0.25) is 6.20 Å². The summed E-state index contributed by atoms with van der Waals surface area (Å²) in [6.45, 7) is 0. The number of thioether (sulfide) groups is 1. The van der Waals surface area contributed by atoms with Crippen LogP contribution in [0.2, 0.25) is 0 Å². The van der Waals surface area contributed by atoms with Crippen LogP contribution < -0.4 is 0 Å². The van der Waals surface area contributed by atoms with Crippen LogP contribution in [-0.2, 0) is 0 Å². The summed E-state index contributed by atoms with van der Waals surface area (Å²) in [5.41, 5.74) is 0. The molecule has 0 bridgehead atoms. The first-order chi connectivity index (χ1) is 5.79. The first-order valence-corrected chi connectivity index (χ1v) is 4.19. The molecule has 0 saturated heterocycles. The van der Waals surface area contributed by atoms with Gasteiger partial charge in [-0.25, -0.2) is 0 Å². The lowest BCUT2D eigenvalue weighted by atomic mass is 10.4. The molecule has 0 amide bonds. The molecule has 0 unspecified atom stereocenters. The second-order valence-electron chi connectivity index (χ2n) is 2.00. The van der Waals surface area contributed by atoms with Crippen molar-refractivity contribution in [2.75, 3.05) is 0 Å². The molecule has 0 atom stereocenters. The summed E-state index contributed by atoms with van der Waals surface area (Å²) in [4.78, 5) is 10.4. The summed E-state index contributed by atoms with van der Waals surface area (Å²) in [6, 6.07) is 9.48. The largest absolute Gasteiger partial charge is 0.259 e. The van der Waals surface area contributed by atoms with Crippen molar-refractivity contribution in [2.24, 2.45) is 0 Å². The molecule has 12 heavy (non-hydrogen) atoms. The van der Waals surface area contributed by atoms with Gasteiger partial charge in [0.1, 0.15) is 0 Å². The van der Waals surface area contributed by atoms with E-state index in [9.17, 15) is 10.1 Å². The van der Waals surface area contributed by atoms with E-state index in [1.807, 2.05) is 30.3 Å². The van der Waals surface area contributed by atoms with Crippen LogP contribution in [0.25, 0.3) is 0 Å². The number of hydrogen-bond acceptors (Lipinski definition) is 3. The van der Waals surface area contributed by atoms with Crippen LogP contribution in [0.3, 0.4) is 0 Å². The third kappa shape index (κ3) is 3.21. The van der Waals surface area contributed by atoms with Crippen LogP contribution in [-0.4, -0.2) is 4.92 Å². The van der Waals surface area contributed by atoms with Crippen molar-refractivity contribution in [2.45, 2.75) is 4.90 Å². The van der Waals surface area contributed by atoms with E-state index >= 15 is 0 Å². The number of rotatable bonds is 3. The van der Waals surface area contributed by atoms with E-state index in [0.717, 1.165) is 11.1 Å². The molecule has 0 fully saturated rings. The summed E-state index contributed by atoms with van der Waals surface area (Å²) < 4.78 is 0. The summed E-state index contributed by atoms with van der Waals surface area (Å²) in [5.74, 6) is 0. The van der Waals surface area contributed by atoms with Crippen molar-refractivity contribution in [1.82, 2.24) is 0 Å². The Balaban J connectivity index is 2.49. The lowest BCUT2D eigenvalue weighted by Gasteiger charge is -1.90. The zero-order valence-electron chi connectivity index (χ0n) is 6.21. The zero-order chi connectivity index (χ0) is 8.81. The molecule has 0 aliphatic heterocycles. The fraction of sp³-hybridized carbons (Fsp3) is 0. The van der Waals surface area contributed by atoms with Gasteiger partial charge >= 0.3 is 0 Å². The Morgan fingerprint density at radius 1 is 1.33 bits per heavy atom. The predicted molar refractivity (Wildman–Crippen MR) is 48.4 cm³/mol. The summed E-state index contributed by atoms with van der Waals surface area (Å²) in [7, 11) is 0. The van der Waals surface area contributed by atoms with Crippen LogP contribution in [0.1, 0.15) is 0 Å². The Labute approximate surface area is 74.2 Å². The zero-order valence-corrected chi connectivity index (χ0v) is 7.03. The van der Waals surface area contributed by atoms with E-state index in [2.05, 4.69) is 0 Å². The van der Waals surface area contributed by atoms with Crippen LogP contribution in [0, 0.1) is 10.1 Å². The minimum absolute atomic E-state index is 0.476. The normalized spacial score (nSPS) is 10.3. The third-order valence-corrected chi connectivity index (χ3v) is 1.93. The highest BCUT2D eigenvalue weighted by molar-refractivity contribution is 8.02. The van der Waals surface area contributed by atoms with Gasteiger partial charge < -0.3 is 0 Å². The molecule has 0 saturated carbocycles. The molecular weight excluding hydrogens is 174 g/mol. The summed E-state index contributed by atoms with van der Waals surface area (Å²) in [6.07, 6.45) is 0.928.